The van der Waals surface area contributed by atoms with Crippen LogP contribution in [0.1, 0.15) is 64.7 Å². The number of carbonyl (C=O) groups excluding carboxylic acids is 2. The monoisotopic (exact) mass is 395 g/mol. The molecule has 1 rings (SSSR count). The summed E-state index contributed by atoms with van der Waals surface area (Å²) in [7, 11) is 1.53. The number of allylic oxidation sites excluding steroid dienone is 2. The van der Waals surface area contributed by atoms with E-state index in [2.05, 4.69) is 12.2 Å². The second-order valence-corrected chi connectivity index (χ2v) is 7.46. The number of carbonyl (C=O) groups is 2. The maximum absolute atomic E-state index is 12.2. The molecular formula is C22H37NO5. The summed E-state index contributed by atoms with van der Waals surface area (Å²) in [6, 6.07) is 0. The zero-order valence-corrected chi connectivity index (χ0v) is 17.3. The third-order valence-electron chi connectivity index (χ3n) is 5.15. The Kier molecular flexibility index (Phi) is 12.5. The fourth-order valence-corrected chi connectivity index (χ4v) is 3.45. The van der Waals surface area contributed by atoms with E-state index in [1.54, 1.807) is 6.08 Å². The number of hydrogen-bond acceptors (Lipinski definition) is 5. The van der Waals surface area contributed by atoms with Gasteiger partial charge in [0.1, 0.15) is 5.78 Å². The van der Waals surface area contributed by atoms with E-state index in [0.717, 1.165) is 44.9 Å². The standard InChI is InChI=1S/C22H37NO5/c1-3-4-8-11-17(24)13-14-19-18(20(25)16-21(19)26)12-9-6-5-7-10-15-28-22(27)23-2/h6,9,13-14,17-19,21,24,26H,3-5,7-8,10-12,15-16H2,1-2H3,(H,23,27)/b9-6-,14-13+/t17-,18+,19+,21+/m0/s1. The summed E-state index contributed by atoms with van der Waals surface area (Å²) < 4.78 is 4.92. The number of Topliss-reactive ketones (excluding diaryl/α,β-unsaturated/α-hetero) is 1. The predicted molar refractivity (Wildman–Crippen MR) is 110 cm³/mol. The van der Waals surface area contributed by atoms with Gasteiger partial charge in [0.25, 0.3) is 0 Å². The van der Waals surface area contributed by atoms with Crippen LogP contribution in [0.15, 0.2) is 24.3 Å². The smallest absolute Gasteiger partial charge is 0.406 e. The molecule has 160 valence electrons. The van der Waals surface area contributed by atoms with Gasteiger partial charge in [-0.1, -0.05) is 50.5 Å². The molecular weight excluding hydrogens is 358 g/mol. The molecule has 0 bridgehead atoms. The molecule has 0 aromatic carbocycles. The van der Waals surface area contributed by atoms with Crippen LogP contribution in [0.4, 0.5) is 4.79 Å². The van der Waals surface area contributed by atoms with Crippen molar-refractivity contribution in [1.29, 1.82) is 0 Å². The number of alkyl carbamates (subject to hydrolysis) is 1. The molecule has 28 heavy (non-hydrogen) atoms. The van der Waals surface area contributed by atoms with Gasteiger partial charge in [0.2, 0.25) is 0 Å². The van der Waals surface area contributed by atoms with Crippen LogP contribution in [0.25, 0.3) is 0 Å². The van der Waals surface area contributed by atoms with Crippen LogP contribution in [-0.2, 0) is 9.53 Å². The number of unbranched alkanes of at least 4 members (excludes halogenated alkanes) is 4. The SMILES string of the molecule is CCCCC[C@H](O)/C=C/[C@H]1[C@H](O)CC(=O)[C@@H]1C/C=C\CCCCOC(=O)NC. The van der Waals surface area contributed by atoms with E-state index in [-0.39, 0.29) is 24.0 Å². The van der Waals surface area contributed by atoms with Crippen LogP contribution in [0.5, 0.6) is 0 Å². The van der Waals surface area contributed by atoms with Crippen molar-refractivity contribution in [2.45, 2.75) is 76.9 Å². The Balaban J connectivity index is 2.36. The highest BCUT2D eigenvalue weighted by Crippen LogP contribution is 2.33. The summed E-state index contributed by atoms with van der Waals surface area (Å²) in [5.74, 6) is -0.355. The average Bonchev–Trinajstić information content (AvgIpc) is 2.94. The number of hydrogen-bond donors (Lipinski definition) is 3. The Labute approximate surface area is 169 Å². The van der Waals surface area contributed by atoms with E-state index in [1.165, 1.54) is 7.05 Å². The van der Waals surface area contributed by atoms with Crippen molar-refractivity contribution in [3.8, 4) is 0 Å². The Hall–Kier alpha value is -1.66. The van der Waals surface area contributed by atoms with Crippen molar-refractivity contribution in [1.82, 2.24) is 5.32 Å². The number of rotatable bonds is 13. The molecule has 6 heteroatoms. The molecule has 1 amide bonds. The lowest BCUT2D eigenvalue weighted by molar-refractivity contribution is -0.121. The highest BCUT2D eigenvalue weighted by Gasteiger charge is 2.39. The van der Waals surface area contributed by atoms with Gasteiger partial charge in [-0.05, 0) is 32.1 Å². The maximum atomic E-state index is 12.2. The Morgan fingerprint density at radius 1 is 1.29 bits per heavy atom. The molecule has 4 atom stereocenters. The highest BCUT2D eigenvalue weighted by molar-refractivity contribution is 5.84. The number of aliphatic hydroxyl groups is 2. The van der Waals surface area contributed by atoms with Crippen molar-refractivity contribution in [2.24, 2.45) is 11.8 Å². The first-order valence-electron chi connectivity index (χ1n) is 10.6. The lowest BCUT2D eigenvalue weighted by atomic mass is 9.90. The van der Waals surface area contributed by atoms with Gasteiger partial charge in [-0.15, -0.1) is 0 Å². The summed E-state index contributed by atoms with van der Waals surface area (Å²) >= 11 is 0. The van der Waals surface area contributed by atoms with Crippen LogP contribution in [0.2, 0.25) is 0 Å². The van der Waals surface area contributed by atoms with Gasteiger partial charge >= 0.3 is 6.09 Å². The second-order valence-electron chi connectivity index (χ2n) is 7.46. The van der Waals surface area contributed by atoms with Crippen LogP contribution >= 0.6 is 0 Å². The van der Waals surface area contributed by atoms with Gasteiger partial charge in [0.15, 0.2) is 0 Å². The minimum Gasteiger partial charge on any atom is -0.450 e. The minimum atomic E-state index is -0.660. The highest BCUT2D eigenvalue weighted by atomic mass is 16.5. The largest absolute Gasteiger partial charge is 0.450 e. The molecule has 0 aliphatic heterocycles. The third-order valence-corrected chi connectivity index (χ3v) is 5.15. The number of aliphatic hydroxyl groups excluding tert-OH is 2. The first kappa shape index (κ1) is 24.4. The first-order valence-corrected chi connectivity index (χ1v) is 10.6. The van der Waals surface area contributed by atoms with E-state index >= 15 is 0 Å². The van der Waals surface area contributed by atoms with Gasteiger partial charge in [-0.2, -0.15) is 0 Å². The van der Waals surface area contributed by atoms with Gasteiger partial charge in [-0.3, -0.25) is 4.79 Å². The van der Waals surface area contributed by atoms with Gasteiger partial charge in [0.05, 0.1) is 18.8 Å². The van der Waals surface area contributed by atoms with Crippen molar-refractivity contribution in [3.63, 3.8) is 0 Å². The van der Waals surface area contributed by atoms with Gasteiger partial charge in [0, 0.05) is 25.3 Å². The number of ether oxygens (including phenoxy) is 1. The molecule has 0 unspecified atom stereocenters. The lowest BCUT2D eigenvalue weighted by Gasteiger charge is -2.16. The quantitative estimate of drug-likeness (QED) is 0.327. The van der Waals surface area contributed by atoms with Crippen LogP contribution < -0.4 is 5.32 Å². The summed E-state index contributed by atoms with van der Waals surface area (Å²) in [6.45, 7) is 2.52. The number of amides is 1. The molecule has 1 aliphatic rings. The van der Waals surface area contributed by atoms with E-state index in [9.17, 15) is 19.8 Å². The van der Waals surface area contributed by atoms with Crippen molar-refractivity contribution < 1.29 is 24.5 Å². The van der Waals surface area contributed by atoms with Crippen LogP contribution in [0.3, 0.4) is 0 Å². The second kappa shape index (κ2) is 14.4. The van der Waals surface area contributed by atoms with Crippen LogP contribution in [-0.4, -0.2) is 48.0 Å². The molecule has 6 nitrogen and oxygen atoms in total. The summed E-state index contributed by atoms with van der Waals surface area (Å²) in [5.41, 5.74) is 0. The van der Waals surface area contributed by atoms with Crippen molar-refractivity contribution >= 4 is 11.9 Å². The summed E-state index contributed by atoms with van der Waals surface area (Å²) in [5, 5.41) is 22.6. The topological polar surface area (TPSA) is 95.9 Å². The molecule has 1 fully saturated rings. The number of nitrogens with one attached hydrogen (secondary N) is 1. The molecule has 1 aliphatic carbocycles. The zero-order valence-electron chi connectivity index (χ0n) is 17.3. The van der Waals surface area contributed by atoms with E-state index in [1.807, 2.05) is 18.2 Å². The Morgan fingerprint density at radius 2 is 2.07 bits per heavy atom. The molecule has 3 N–H and O–H groups in total. The Bertz CT molecular complexity index is 517. The van der Waals surface area contributed by atoms with Gasteiger partial charge in [-0.25, -0.2) is 4.79 Å². The normalized spacial score (nSPS) is 23.6. The van der Waals surface area contributed by atoms with Crippen molar-refractivity contribution in [2.75, 3.05) is 13.7 Å². The van der Waals surface area contributed by atoms with Crippen LogP contribution in [0, 0.1) is 11.8 Å². The third kappa shape index (κ3) is 9.51. The molecule has 0 spiro atoms. The lowest BCUT2D eigenvalue weighted by Crippen LogP contribution is -2.19. The molecule has 0 radical (unpaired) electrons. The summed E-state index contributed by atoms with van der Waals surface area (Å²) in [6.07, 6.45) is 13.3. The molecule has 0 saturated heterocycles. The van der Waals surface area contributed by atoms with E-state index < -0.39 is 18.3 Å². The average molecular weight is 396 g/mol. The first-order chi connectivity index (χ1) is 13.5. The summed E-state index contributed by atoms with van der Waals surface area (Å²) in [4.78, 5) is 23.1. The fraction of sp³-hybridized carbons (Fsp3) is 0.727. The predicted octanol–water partition coefficient (Wildman–Crippen LogP) is 3.52. The van der Waals surface area contributed by atoms with Gasteiger partial charge < -0.3 is 20.3 Å². The minimum absolute atomic E-state index is 0.0891. The molecule has 1 saturated carbocycles. The number of ketones is 1. The fourth-order valence-electron chi connectivity index (χ4n) is 3.45. The van der Waals surface area contributed by atoms with E-state index in [4.69, 9.17) is 4.74 Å². The van der Waals surface area contributed by atoms with Crippen molar-refractivity contribution in [3.05, 3.63) is 24.3 Å². The maximum Gasteiger partial charge on any atom is 0.406 e. The Morgan fingerprint density at radius 3 is 2.79 bits per heavy atom. The zero-order chi connectivity index (χ0) is 20.8. The molecule has 0 aromatic rings. The molecule has 0 aromatic heterocycles. The molecule has 0 heterocycles. The van der Waals surface area contributed by atoms with E-state index in [0.29, 0.717) is 13.0 Å².